The van der Waals surface area contributed by atoms with Crippen LogP contribution in [0, 0.1) is 0 Å². The van der Waals surface area contributed by atoms with Gasteiger partial charge in [0.2, 0.25) is 0 Å². The van der Waals surface area contributed by atoms with Gasteiger partial charge < -0.3 is 0 Å². The molecule has 1 heterocycles. The molecule has 1 nitrogen and oxygen atoms in total. The van der Waals surface area contributed by atoms with Gasteiger partial charge in [0.05, 0.1) is 0 Å². The second-order valence-corrected chi connectivity index (χ2v) is 19.3. The summed E-state index contributed by atoms with van der Waals surface area (Å²) in [6.07, 6.45) is 1.97. The van der Waals surface area contributed by atoms with E-state index >= 15 is 0 Å². The maximum absolute atomic E-state index is 4.93. The summed E-state index contributed by atoms with van der Waals surface area (Å²) in [5, 5.41) is 0. The molecule has 0 aliphatic heterocycles. The number of pyridine rings is 1. The molecule has 0 unspecified atom stereocenters. The van der Waals surface area contributed by atoms with E-state index in [0.29, 0.717) is 0 Å². The van der Waals surface area contributed by atoms with Crippen molar-refractivity contribution in [2.45, 2.75) is 13.3 Å². The molecule has 0 spiro atoms. The fourth-order valence-electron chi connectivity index (χ4n) is 4.10. The summed E-state index contributed by atoms with van der Waals surface area (Å²) in [7, 11) is 0. The molecule has 0 bridgehead atoms. The van der Waals surface area contributed by atoms with Gasteiger partial charge in [-0.25, -0.2) is 0 Å². The molecular weight excluding hydrogens is 445 g/mol. The Bertz CT molecular complexity index is 868. The SMILES string of the molecule is c1ccc([CH2][Sn]([CH2]c2ccccc2)([CH2]c2ccccc2)[c]2ccccn2)cc1. The maximum atomic E-state index is 4.93. The number of hydrogen-bond acceptors (Lipinski definition) is 1. The molecule has 138 valence electrons. The van der Waals surface area contributed by atoms with Crippen LogP contribution < -0.4 is 3.71 Å². The Hall–Kier alpha value is -2.39. The fraction of sp³-hybridized carbons (Fsp3) is 0.115. The van der Waals surface area contributed by atoms with Crippen molar-refractivity contribution in [2.75, 3.05) is 0 Å². The topological polar surface area (TPSA) is 12.9 Å². The van der Waals surface area contributed by atoms with Gasteiger partial charge in [-0.05, 0) is 0 Å². The van der Waals surface area contributed by atoms with Crippen molar-refractivity contribution < 1.29 is 0 Å². The van der Waals surface area contributed by atoms with E-state index in [4.69, 9.17) is 4.98 Å². The van der Waals surface area contributed by atoms with E-state index in [1.165, 1.54) is 20.4 Å². The molecule has 0 aliphatic carbocycles. The van der Waals surface area contributed by atoms with Gasteiger partial charge in [0.1, 0.15) is 0 Å². The number of nitrogens with zero attached hydrogens (tertiary/aromatic N) is 1. The van der Waals surface area contributed by atoms with Gasteiger partial charge >= 0.3 is 172 Å². The normalized spacial score (nSPS) is 11.3. The van der Waals surface area contributed by atoms with Crippen LogP contribution in [0.3, 0.4) is 0 Å². The molecule has 0 atom stereocenters. The monoisotopic (exact) mass is 471 g/mol. The summed E-state index contributed by atoms with van der Waals surface area (Å²) >= 11 is -2.98. The van der Waals surface area contributed by atoms with Crippen LogP contribution in [0.15, 0.2) is 115 Å². The van der Waals surface area contributed by atoms with Crippen LogP contribution in [0.1, 0.15) is 16.7 Å². The molecule has 3 aromatic carbocycles. The zero-order valence-electron chi connectivity index (χ0n) is 16.0. The van der Waals surface area contributed by atoms with Crippen LogP contribution in [0.4, 0.5) is 0 Å². The molecular formula is C26H25NSn. The average molecular weight is 470 g/mol. The van der Waals surface area contributed by atoms with Crippen molar-refractivity contribution in [3.8, 4) is 0 Å². The molecule has 1 aromatic heterocycles. The summed E-state index contributed by atoms with van der Waals surface area (Å²) in [4.78, 5) is 4.93. The van der Waals surface area contributed by atoms with Crippen molar-refractivity contribution in [3.05, 3.63) is 132 Å². The van der Waals surface area contributed by atoms with Crippen molar-refractivity contribution >= 4 is 22.1 Å². The van der Waals surface area contributed by atoms with E-state index in [0.717, 1.165) is 13.3 Å². The molecule has 4 aromatic rings. The molecule has 4 rings (SSSR count). The summed E-state index contributed by atoms with van der Waals surface area (Å²) in [5.74, 6) is 0. The minimum absolute atomic E-state index is 1.16. The quantitative estimate of drug-likeness (QED) is 0.344. The van der Waals surface area contributed by atoms with Gasteiger partial charge in [0, 0.05) is 0 Å². The predicted octanol–water partition coefficient (Wildman–Crippen LogP) is 5.08. The van der Waals surface area contributed by atoms with E-state index < -0.39 is 18.4 Å². The molecule has 2 heteroatoms. The van der Waals surface area contributed by atoms with Gasteiger partial charge in [0.25, 0.3) is 0 Å². The molecule has 0 radical (unpaired) electrons. The number of aromatic nitrogens is 1. The first-order valence-electron chi connectivity index (χ1n) is 9.87. The molecule has 0 fully saturated rings. The van der Waals surface area contributed by atoms with Crippen molar-refractivity contribution in [3.63, 3.8) is 0 Å². The van der Waals surface area contributed by atoms with Crippen LogP contribution in [0.5, 0.6) is 0 Å². The van der Waals surface area contributed by atoms with Crippen molar-refractivity contribution in [1.82, 2.24) is 4.98 Å². The van der Waals surface area contributed by atoms with Gasteiger partial charge in [0.15, 0.2) is 0 Å². The first kappa shape index (κ1) is 18.9. The van der Waals surface area contributed by atoms with Crippen molar-refractivity contribution in [2.24, 2.45) is 0 Å². The third-order valence-corrected chi connectivity index (χ3v) is 18.6. The Kier molecular flexibility index (Phi) is 6.23. The minimum atomic E-state index is -2.98. The van der Waals surface area contributed by atoms with E-state index in [2.05, 4.69) is 103 Å². The first-order valence-corrected chi connectivity index (χ1v) is 17.4. The number of benzene rings is 3. The third-order valence-electron chi connectivity index (χ3n) is 5.36. The molecule has 0 saturated heterocycles. The van der Waals surface area contributed by atoms with E-state index in [9.17, 15) is 0 Å². The molecule has 0 N–H and O–H groups in total. The van der Waals surface area contributed by atoms with E-state index in [1.807, 2.05) is 12.3 Å². The predicted molar refractivity (Wildman–Crippen MR) is 120 cm³/mol. The zero-order chi connectivity index (χ0) is 19.1. The van der Waals surface area contributed by atoms with E-state index in [-0.39, 0.29) is 0 Å². The van der Waals surface area contributed by atoms with Crippen LogP contribution in [0.25, 0.3) is 0 Å². The second kappa shape index (κ2) is 9.20. The third kappa shape index (κ3) is 4.71. The van der Waals surface area contributed by atoms with E-state index in [1.54, 1.807) is 0 Å². The Morgan fingerprint density at radius 1 is 0.464 bits per heavy atom. The molecule has 0 amide bonds. The van der Waals surface area contributed by atoms with Crippen LogP contribution in [0.2, 0.25) is 0 Å². The standard InChI is InChI=1S/3C7H7.C5H4N.Sn/c3*1-7-5-3-2-4-6-7;1-2-4-6-5-3-1;/h3*2-6H,1H2;1-4H;. The van der Waals surface area contributed by atoms with Crippen molar-refractivity contribution in [1.29, 1.82) is 0 Å². The first-order chi connectivity index (χ1) is 13.8. The van der Waals surface area contributed by atoms with Gasteiger partial charge in [-0.1, -0.05) is 0 Å². The number of hydrogen-bond donors (Lipinski definition) is 0. The summed E-state index contributed by atoms with van der Waals surface area (Å²) < 4.78 is 4.86. The number of rotatable bonds is 7. The molecule has 0 saturated carbocycles. The Morgan fingerprint density at radius 3 is 1.21 bits per heavy atom. The fourth-order valence-corrected chi connectivity index (χ4v) is 17.7. The Labute approximate surface area is 172 Å². The van der Waals surface area contributed by atoms with Crippen LogP contribution >= 0.6 is 0 Å². The Balaban J connectivity index is 1.82. The van der Waals surface area contributed by atoms with Crippen LogP contribution in [-0.2, 0) is 13.3 Å². The second-order valence-electron chi connectivity index (χ2n) is 7.48. The zero-order valence-corrected chi connectivity index (χ0v) is 18.9. The Morgan fingerprint density at radius 2 is 0.857 bits per heavy atom. The molecule has 0 aliphatic rings. The average Bonchev–Trinajstić information content (AvgIpc) is 2.76. The van der Waals surface area contributed by atoms with Gasteiger partial charge in [-0.15, -0.1) is 0 Å². The summed E-state index contributed by atoms with van der Waals surface area (Å²) in [5.41, 5.74) is 4.32. The van der Waals surface area contributed by atoms with Gasteiger partial charge in [-0.3, -0.25) is 0 Å². The summed E-state index contributed by atoms with van der Waals surface area (Å²) in [6, 6.07) is 39.5. The van der Waals surface area contributed by atoms with Crippen LogP contribution in [-0.4, -0.2) is 23.4 Å². The summed E-state index contributed by atoms with van der Waals surface area (Å²) in [6.45, 7) is 0. The molecule has 28 heavy (non-hydrogen) atoms. The van der Waals surface area contributed by atoms with Gasteiger partial charge in [-0.2, -0.15) is 0 Å².